The first-order chi connectivity index (χ1) is 15.6. The van der Waals surface area contributed by atoms with Crippen LogP contribution in [0.15, 0.2) is 54.2 Å². The number of ketones is 1. The predicted molar refractivity (Wildman–Crippen MR) is 120 cm³/mol. The zero-order valence-electron chi connectivity index (χ0n) is 18.1. The number of rotatable bonds is 12. The second-order valence-corrected chi connectivity index (χ2v) is 7.30. The second kappa shape index (κ2) is 11.7. The van der Waals surface area contributed by atoms with Crippen molar-refractivity contribution < 1.29 is 39.5 Å². The van der Waals surface area contributed by atoms with E-state index in [9.17, 15) is 24.6 Å². The third-order valence-electron chi connectivity index (χ3n) is 4.71. The Morgan fingerprint density at radius 3 is 2.33 bits per heavy atom. The highest BCUT2D eigenvalue weighted by molar-refractivity contribution is 6.01. The molecule has 2 aromatic rings. The smallest absolute Gasteiger partial charge is 0.352 e. The summed E-state index contributed by atoms with van der Waals surface area (Å²) in [6.45, 7) is 1.88. The summed E-state index contributed by atoms with van der Waals surface area (Å²) in [5.41, 5.74) is 0.155. The van der Waals surface area contributed by atoms with Gasteiger partial charge in [-0.1, -0.05) is 12.1 Å². The standard InChI is InChI=1S/C23H26N2O8/c1-13(9-14-3-6-16(33-2)7-4-14)24-12-20(27)22(30)15-5-8-19(26)17(10-15)25-18(23(31)32)11-21(28)29/h3-8,10-11,13,20,24-27H,9,12H2,1-2H3,(H,28,29)(H,31,32)/b18-11-. The van der Waals surface area contributed by atoms with Gasteiger partial charge in [0, 0.05) is 18.2 Å². The first-order valence-electron chi connectivity index (χ1n) is 9.97. The van der Waals surface area contributed by atoms with Gasteiger partial charge in [-0.3, -0.25) is 4.79 Å². The van der Waals surface area contributed by atoms with Crippen LogP contribution in [0.2, 0.25) is 0 Å². The molecular formula is C23H26N2O8. The van der Waals surface area contributed by atoms with E-state index >= 15 is 0 Å². The van der Waals surface area contributed by atoms with Gasteiger partial charge < -0.3 is 35.8 Å². The number of Topliss-reactive ketones (excluding diaryl/α,β-unsaturated/α-hetero) is 1. The molecular weight excluding hydrogens is 432 g/mol. The van der Waals surface area contributed by atoms with Crippen molar-refractivity contribution in [3.8, 4) is 11.5 Å². The van der Waals surface area contributed by atoms with Gasteiger partial charge in [0.1, 0.15) is 23.3 Å². The lowest BCUT2D eigenvalue weighted by molar-refractivity contribution is -0.134. The summed E-state index contributed by atoms with van der Waals surface area (Å²) < 4.78 is 5.12. The highest BCUT2D eigenvalue weighted by Crippen LogP contribution is 2.26. The van der Waals surface area contributed by atoms with Crippen LogP contribution in [0.5, 0.6) is 11.5 Å². The van der Waals surface area contributed by atoms with Gasteiger partial charge in [-0.25, -0.2) is 9.59 Å². The molecule has 0 saturated heterocycles. The number of hydrogen-bond acceptors (Lipinski definition) is 8. The minimum Gasteiger partial charge on any atom is -0.506 e. The molecule has 10 nitrogen and oxygen atoms in total. The lowest BCUT2D eigenvalue weighted by atomic mass is 10.0. The highest BCUT2D eigenvalue weighted by atomic mass is 16.5. The molecule has 2 rings (SSSR count). The summed E-state index contributed by atoms with van der Waals surface area (Å²) in [6.07, 6.45) is -0.320. The van der Waals surface area contributed by atoms with Gasteiger partial charge in [-0.05, 0) is 49.2 Å². The Hall–Kier alpha value is -3.89. The molecule has 6 N–H and O–H groups in total. The maximum atomic E-state index is 12.6. The van der Waals surface area contributed by atoms with Crippen LogP contribution >= 0.6 is 0 Å². The largest absolute Gasteiger partial charge is 0.506 e. The number of nitrogens with one attached hydrogen (secondary N) is 2. The molecule has 0 radical (unpaired) electrons. The fourth-order valence-corrected chi connectivity index (χ4v) is 2.99. The minimum atomic E-state index is -1.57. The van der Waals surface area contributed by atoms with Crippen LogP contribution in [0.4, 0.5) is 5.69 Å². The molecule has 0 aliphatic rings. The predicted octanol–water partition coefficient (Wildman–Crippen LogP) is 1.63. The zero-order valence-corrected chi connectivity index (χ0v) is 18.1. The quantitative estimate of drug-likeness (QED) is 0.156. The summed E-state index contributed by atoms with van der Waals surface area (Å²) in [5, 5.41) is 43.5. The zero-order chi connectivity index (χ0) is 24.5. The molecule has 0 heterocycles. The number of phenols is 1. The van der Waals surface area contributed by atoms with Crippen LogP contribution in [0.25, 0.3) is 0 Å². The average molecular weight is 458 g/mol. The lowest BCUT2D eigenvalue weighted by Gasteiger charge is -2.17. The second-order valence-electron chi connectivity index (χ2n) is 7.30. The molecule has 0 spiro atoms. The first-order valence-corrected chi connectivity index (χ1v) is 9.97. The molecule has 0 bridgehead atoms. The fourth-order valence-electron chi connectivity index (χ4n) is 2.99. The molecule has 0 saturated carbocycles. The highest BCUT2D eigenvalue weighted by Gasteiger charge is 2.20. The number of carbonyl (C=O) groups is 3. The van der Waals surface area contributed by atoms with E-state index in [-0.39, 0.29) is 23.8 Å². The number of aliphatic hydroxyl groups excluding tert-OH is 1. The van der Waals surface area contributed by atoms with Crippen molar-refractivity contribution in [3.63, 3.8) is 0 Å². The molecule has 0 aliphatic carbocycles. The topological polar surface area (TPSA) is 165 Å². The monoisotopic (exact) mass is 458 g/mol. The molecule has 10 heteroatoms. The number of methoxy groups -OCH3 is 1. The molecule has 0 aromatic heterocycles. The minimum absolute atomic E-state index is 0.00692. The Bertz CT molecular complexity index is 1030. The van der Waals surface area contributed by atoms with E-state index in [0.29, 0.717) is 12.5 Å². The molecule has 2 unspecified atom stereocenters. The number of carboxylic acid groups (broad SMARTS) is 2. The van der Waals surface area contributed by atoms with Crippen molar-refractivity contribution in [2.24, 2.45) is 0 Å². The van der Waals surface area contributed by atoms with Crippen molar-refractivity contribution in [1.29, 1.82) is 0 Å². The van der Waals surface area contributed by atoms with Gasteiger partial charge in [-0.2, -0.15) is 0 Å². The third kappa shape index (κ3) is 7.63. The van der Waals surface area contributed by atoms with Crippen molar-refractivity contribution >= 4 is 23.4 Å². The van der Waals surface area contributed by atoms with Crippen LogP contribution < -0.4 is 15.4 Å². The average Bonchev–Trinajstić information content (AvgIpc) is 2.78. The summed E-state index contributed by atoms with van der Waals surface area (Å²) in [4.78, 5) is 34.6. The normalized spacial score (nSPS) is 13.1. The number of phenolic OH excluding ortho intramolecular Hbond substituents is 1. The molecule has 0 fully saturated rings. The number of carbonyl (C=O) groups excluding carboxylic acids is 1. The van der Waals surface area contributed by atoms with E-state index in [1.54, 1.807) is 7.11 Å². The summed E-state index contributed by atoms with van der Waals surface area (Å²) >= 11 is 0. The molecule has 0 amide bonds. The third-order valence-corrected chi connectivity index (χ3v) is 4.71. The number of aliphatic hydroxyl groups is 1. The lowest BCUT2D eigenvalue weighted by Crippen LogP contribution is -2.38. The van der Waals surface area contributed by atoms with E-state index in [4.69, 9.17) is 14.9 Å². The van der Waals surface area contributed by atoms with Crippen LogP contribution in [-0.4, -0.2) is 63.9 Å². The Labute approximate surface area is 190 Å². The number of hydrogen-bond donors (Lipinski definition) is 6. The number of aromatic hydroxyl groups is 1. The van der Waals surface area contributed by atoms with Gasteiger partial charge in [0.15, 0.2) is 5.78 Å². The summed E-state index contributed by atoms with van der Waals surface area (Å²) in [6, 6.07) is 11.0. The van der Waals surface area contributed by atoms with Gasteiger partial charge in [0.2, 0.25) is 0 Å². The van der Waals surface area contributed by atoms with Crippen molar-refractivity contribution in [2.45, 2.75) is 25.5 Å². The van der Waals surface area contributed by atoms with Crippen LogP contribution in [-0.2, 0) is 16.0 Å². The van der Waals surface area contributed by atoms with E-state index in [2.05, 4.69) is 10.6 Å². The number of benzene rings is 2. The van der Waals surface area contributed by atoms with Gasteiger partial charge in [-0.15, -0.1) is 0 Å². The Balaban J connectivity index is 2.02. The molecule has 0 aliphatic heterocycles. The number of aliphatic carboxylic acids is 2. The van der Waals surface area contributed by atoms with Crippen LogP contribution in [0.3, 0.4) is 0 Å². The van der Waals surface area contributed by atoms with Crippen molar-refractivity contribution in [1.82, 2.24) is 5.32 Å². The van der Waals surface area contributed by atoms with Crippen LogP contribution in [0.1, 0.15) is 22.8 Å². The number of carboxylic acids is 2. The molecule has 2 aromatic carbocycles. The van der Waals surface area contributed by atoms with E-state index in [0.717, 1.165) is 23.4 Å². The van der Waals surface area contributed by atoms with Gasteiger partial charge >= 0.3 is 11.9 Å². The number of ether oxygens (including phenoxy) is 1. The van der Waals surface area contributed by atoms with E-state index in [1.165, 1.54) is 6.07 Å². The molecule has 2 atom stereocenters. The molecule has 33 heavy (non-hydrogen) atoms. The van der Waals surface area contributed by atoms with Crippen LogP contribution in [0, 0.1) is 0 Å². The Morgan fingerprint density at radius 1 is 1.09 bits per heavy atom. The van der Waals surface area contributed by atoms with Gasteiger partial charge in [0.05, 0.1) is 18.9 Å². The summed E-state index contributed by atoms with van der Waals surface area (Å²) in [5.74, 6) is -3.37. The van der Waals surface area contributed by atoms with E-state index in [1.807, 2.05) is 31.2 Å². The number of anilines is 1. The first kappa shape index (κ1) is 25.4. The van der Waals surface area contributed by atoms with Gasteiger partial charge in [0.25, 0.3) is 0 Å². The fraction of sp³-hybridized carbons (Fsp3) is 0.261. The Morgan fingerprint density at radius 2 is 1.76 bits per heavy atom. The maximum Gasteiger partial charge on any atom is 0.352 e. The maximum absolute atomic E-state index is 12.6. The SMILES string of the molecule is COc1ccc(CC(C)NCC(O)C(=O)c2ccc(O)c(N/C(=C\C(=O)O)C(=O)O)c2)cc1. The summed E-state index contributed by atoms with van der Waals surface area (Å²) in [7, 11) is 1.59. The molecule has 176 valence electrons. The Kier molecular flexibility index (Phi) is 8.96. The van der Waals surface area contributed by atoms with Crippen molar-refractivity contribution in [3.05, 3.63) is 65.4 Å². The van der Waals surface area contributed by atoms with E-state index < -0.39 is 35.3 Å². The van der Waals surface area contributed by atoms with Crippen molar-refractivity contribution in [2.75, 3.05) is 19.0 Å².